The van der Waals surface area contributed by atoms with Crippen LogP contribution in [0.5, 0.6) is 0 Å². The highest BCUT2D eigenvalue weighted by Gasteiger charge is 2.38. The fraction of sp³-hybridized carbons (Fsp3) is 0.286. The van der Waals surface area contributed by atoms with Crippen molar-refractivity contribution in [2.24, 2.45) is 5.92 Å². The van der Waals surface area contributed by atoms with E-state index in [0.717, 1.165) is 22.2 Å². The monoisotopic (exact) mass is 424 g/mol. The van der Waals surface area contributed by atoms with Crippen LogP contribution in [-0.4, -0.2) is 32.6 Å². The van der Waals surface area contributed by atoms with Crippen molar-refractivity contribution in [3.8, 4) is 11.1 Å². The summed E-state index contributed by atoms with van der Waals surface area (Å²) in [6.07, 6.45) is -1.42. The summed E-state index contributed by atoms with van der Waals surface area (Å²) < 4.78 is 47.1. The second-order valence-corrected chi connectivity index (χ2v) is 6.96. The van der Waals surface area contributed by atoms with Gasteiger partial charge in [-0.2, -0.15) is 13.2 Å². The largest absolute Gasteiger partial charge is 0.490 e. The quantitative estimate of drug-likeness (QED) is 0.598. The summed E-state index contributed by atoms with van der Waals surface area (Å²) in [5, 5.41) is 7.12. The molecule has 0 amide bonds. The lowest BCUT2D eigenvalue weighted by atomic mass is 10.0. The lowest BCUT2D eigenvalue weighted by Gasteiger charge is -2.08. The van der Waals surface area contributed by atoms with E-state index in [1.165, 1.54) is 6.07 Å². The van der Waals surface area contributed by atoms with E-state index in [2.05, 4.69) is 4.98 Å². The summed E-state index contributed by atoms with van der Waals surface area (Å²) in [4.78, 5) is 25.4. The first-order chi connectivity index (χ1) is 13.9. The van der Waals surface area contributed by atoms with Crippen LogP contribution in [0.4, 0.5) is 17.6 Å². The molecule has 0 atom stereocenters. The Labute approximate surface area is 170 Å². The Morgan fingerprint density at radius 2 is 1.77 bits per heavy atom. The maximum atomic E-state index is 13.4. The van der Waals surface area contributed by atoms with Gasteiger partial charge in [0.25, 0.3) is 0 Å². The Balaban J connectivity index is 0.000000396. The van der Waals surface area contributed by atoms with Gasteiger partial charge in [0.15, 0.2) is 5.78 Å². The van der Waals surface area contributed by atoms with E-state index in [0.29, 0.717) is 12.1 Å². The van der Waals surface area contributed by atoms with Gasteiger partial charge in [0.1, 0.15) is 5.82 Å². The number of Topliss-reactive ketones (excluding diaryl/α,β-unsaturated/α-hetero) is 1. The summed E-state index contributed by atoms with van der Waals surface area (Å²) in [7, 11) is 0. The Morgan fingerprint density at radius 1 is 1.13 bits per heavy atom. The van der Waals surface area contributed by atoms with Crippen molar-refractivity contribution in [1.29, 1.82) is 0 Å². The molecule has 2 aromatic heterocycles. The van der Waals surface area contributed by atoms with Crippen LogP contribution in [0.1, 0.15) is 19.4 Å². The minimum Gasteiger partial charge on any atom is -0.475 e. The second kappa shape index (κ2) is 9.06. The molecule has 3 aromatic rings. The van der Waals surface area contributed by atoms with Crippen molar-refractivity contribution in [3.05, 3.63) is 54.1 Å². The van der Waals surface area contributed by atoms with E-state index in [1.54, 1.807) is 19.2 Å². The number of benzene rings is 1. The molecule has 0 saturated carbocycles. The van der Waals surface area contributed by atoms with Gasteiger partial charge in [-0.15, -0.1) is 0 Å². The Hall–Kier alpha value is -3.23. The number of hydrogen-bond acceptors (Lipinski definition) is 3. The summed E-state index contributed by atoms with van der Waals surface area (Å²) in [6.45, 7) is 5.89. The van der Waals surface area contributed by atoms with E-state index in [-0.39, 0.29) is 17.5 Å². The molecule has 0 radical (unpaired) electrons. The molecule has 0 bridgehead atoms. The number of pyridine rings is 1. The number of aromatic nitrogens is 2. The van der Waals surface area contributed by atoms with E-state index < -0.39 is 12.1 Å². The van der Waals surface area contributed by atoms with Gasteiger partial charge in [-0.25, -0.2) is 9.18 Å². The average molecular weight is 424 g/mol. The number of carboxylic acids is 1. The van der Waals surface area contributed by atoms with Gasteiger partial charge in [0.05, 0.1) is 17.6 Å². The highest BCUT2D eigenvalue weighted by atomic mass is 19.4. The third-order valence-electron chi connectivity index (χ3n) is 4.32. The molecule has 0 unspecified atom stereocenters. The molecule has 0 fully saturated rings. The van der Waals surface area contributed by atoms with Crippen molar-refractivity contribution in [2.45, 2.75) is 33.5 Å². The number of nitrogens with zero attached hydrogens (tertiary/aromatic N) is 2. The molecule has 1 N–H and O–H groups in total. The molecule has 0 spiro atoms. The normalized spacial score (nSPS) is 11.3. The Kier molecular flexibility index (Phi) is 6.96. The molecule has 2 heterocycles. The molecule has 30 heavy (non-hydrogen) atoms. The number of aliphatic carboxylic acids is 1. The van der Waals surface area contributed by atoms with Gasteiger partial charge in [0.2, 0.25) is 0 Å². The molecule has 1 aromatic carbocycles. The zero-order chi connectivity index (χ0) is 22.6. The zero-order valence-electron chi connectivity index (χ0n) is 16.5. The minimum absolute atomic E-state index is 0.00309. The third-order valence-corrected chi connectivity index (χ3v) is 4.32. The molecule has 3 rings (SSSR count). The lowest BCUT2D eigenvalue weighted by Crippen LogP contribution is -2.21. The molecular weight excluding hydrogens is 404 g/mol. The van der Waals surface area contributed by atoms with Gasteiger partial charge in [-0.05, 0) is 42.3 Å². The number of alkyl halides is 3. The maximum absolute atomic E-state index is 13.4. The average Bonchev–Trinajstić information content (AvgIpc) is 3.05. The SMILES string of the molecule is Cc1cc(-c2cnc3ccn(CC(=O)C(C)C)c3c2)ccc1F.O=C(O)C(F)(F)F. The third kappa shape index (κ3) is 5.65. The van der Waals surface area contributed by atoms with Crippen LogP contribution >= 0.6 is 0 Å². The summed E-state index contributed by atoms with van der Waals surface area (Å²) in [5.74, 6) is -2.78. The van der Waals surface area contributed by atoms with Crippen molar-refractivity contribution in [2.75, 3.05) is 0 Å². The first-order valence-corrected chi connectivity index (χ1v) is 8.94. The highest BCUT2D eigenvalue weighted by Crippen LogP contribution is 2.25. The number of ketones is 1. The number of carbonyl (C=O) groups is 2. The van der Waals surface area contributed by atoms with Gasteiger partial charge in [-0.1, -0.05) is 19.9 Å². The Bertz CT molecular complexity index is 1070. The van der Waals surface area contributed by atoms with Gasteiger partial charge >= 0.3 is 12.1 Å². The van der Waals surface area contributed by atoms with Crippen LogP contribution in [-0.2, 0) is 16.1 Å². The van der Waals surface area contributed by atoms with E-state index in [9.17, 15) is 22.4 Å². The first-order valence-electron chi connectivity index (χ1n) is 8.94. The first kappa shape index (κ1) is 23.1. The highest BCUT2D eigenvalue weighted by molar-refractivity contribution is 5.85. The second-order valence-electron chi connectivity index (χ2n) is 6.96. The van der Waals surface area contributed by atoms with Crippen molar-refractivity contribution in [3.63, 3.8) is 0 Å². The van der Waals surface area contributed by atoms with Crippen LogP contribution in [0.25, 0.3) is 22.2 Å². The summed E-state index contributed by atoms with van der Waals surface area (Å²) in [6, 6.07) is 8.93. The molecule has 0 aliphatic carbocycles. The van der Waals surface area contributed by atoms with Crippen LogP contribution in [0.15, 0.2) is 42.7 Å². The number of hydrogen-bond donors (Lipinski definition) is 1. The predicted octanol–water partition coefficient (Wildman–Crippen LogP) is 5.01. The Morgan fingerprint density at radius 3 is 2.30 bits per heavy atom. The smallest absolute Gasteiger partial charge is 0.475 e. The van der Waals surface area contributed by atoms with Gasteiger partial charge in [0, 0.05) is 23.9 Å². The molecule has 0 aliphatic rings. The van der Waals surface area contributed by atoms with Gasteiger partial charge < -0.3 is 9.67 Å². The van der Waals surface area contributed by atoms with Crippen molar-refractivity contribution < 1.29 is 32.3 Å². The molecule has 0 aliphatic heterocycles. The van der Waals surface area contributed by atoms with E-state index >= 15 is 0 Å². The summed E-state index contributed by atoms with van der Waals surface area (Å²) >= 11 is 0. The maximum Gasteiger partial charge on any atom is 0.490 e. The van der Waals surface area contributed by atoms with Gasteiger partial charge in [-0.3, -0.25) is 9.78 Å². The van der Waals surface area contributed by atoms with Crippen LogP contribution in [0.3, 0.4) is 0 Å². The molecule has 0 saturated heterocycles. The van der Waals surface area contributed by atoms with Crippen LogP contribution < -0.4 is 0 Å². The minimum atomic E-state index is -5.08. The fourth-order valence-corrected chi connectivity index (χ4v) is 2.53. The van der Waals surface area contributed by atoms with Crippen LogP contribution in [0, 0.1) is 18.7 Å². The number of carboxylic acid groups (broad SMARTS) is 1. The topological polar surface area (TPSA) is 72.2 Å². The summed E-state index contributed by atoms with van der Waals surface area (Å²) in [5.41, 5.74) is 4.20. The van der Waals surface area contributed by atoms with E-state index in [1.807, 2.05) is 42.8 Å². The molecule has 5 nitrogen and oxygen atoms in total. The fourth-order valence-electron chi connectivity index (χ4n) is 2.53. The number of aryl methyl sites for hydroxylation is 1. The van der Waals surface area contributed by atoms with Crippen molar-refractivity contribution >= 4 is 22.8 Å². The number of fused-ring (bicyclic) bond motifs is 1. The molecular formula is C21H20F4N2O3. The standard InChI is InChI=1S/C19H19FN2O.C2HF3O2/c1-12(2)19(23)11-22-7-6-17-18(22)9-15(10-21-17)14-4-5-16(20)13(3)8-14;3-2(4,5)1(6)7/h4-10,12H,11H2,1-3H3;(H,6,7). The number of rotatable bonds is 4. The van der Waals surface area contributed by atoms with Crippen molar-refractivity contribution in [1.82, 2.24) is 9.55 Å². The predicted molar refractivity (Wildman–Crippen MR) is 103 cm³/mol. The zero-order valence-corrected chi connectivity index (χ0v) is 16.5. The number of carbonyl (C=O) groups excluding carboxylic acids is 1. The number of halogens is 4. The van der Waals surface area contributed by atoms with Crippen LogP contribution in [0.2, 0.25) is 0 Å². The molecule has 9 heteroatoms. The van der Waals surface area contributed by atoms with E-state index in [4.69, 9.17) is 9.90 Å². The lowest BCUT2D eigenvalue weighted by molar-refractivity contribution is -0.192. The molecule has 160 valence electrons.